The van der Waals surface area contributed by atoms with Crippen molar-refractivity contribution < 1.29 is 43.8 Å². The van der Waals surface area contributed by atoms with Crippen LogP contribution in [0.2, 0.25) is 0 Å². The van der Waals surface area contributed by atoms with E-state index in [4.69, 9.17) is 17.2 Å². The fourth-order valence-electron chi connectivity index (χ4n) is 3.75. The molecule has 0 aromatic rings. The molecule has 16 heteroatoms. The molecule has 214 valence electrons. The lowest BCUT2D eigenvalue weighted by atomic mass is 10.0. The number of likely N-dealkylation sites (tertiary alicyclic amines) is 1. The third-order valence-electron chi connectivity index (χ3n) is 5.99. The van der Waals surface area contributed by atoms with Crippen LogP contribution < -0.4 is 33.2 Å². The Bertz CT molecular complexity index is 927. The fraction of sp³-hybridized carbons (Fsp3) is 0.682. The van der Waals surface area contributed by atoms with Gasteiger partial charge in [0.15, 0.2) is 0 Å². The molecule has 1 heterocycles. The molecule has 0 aromatic heterocycles. The molecule has 5 atom stereocenters. The van der Waals surface area contributed by atoms with Crippen LogP contribution >= 0.6 is 0 Å². The topological polar surface area (TPSA) is 277 Å². The number of carboxylic acid groups (broad SMARTS) is 1. The standard InChI is InChI=1S/C22H37N7O9/c1-10(2)17(25)20(35)28-13(9-30)21(36)29-7-3-4-14(29)19(34)27-12(8-16(24)32)18(33)26-11(22(37)38)5-6-15(23)31/h10-14,17,30H,3-9,25H2,1-2H3,(H2,23,31)(H2,24,32)(H,26,33)(H,27,34)(H,28,35)(H,37,38)/t11-,12-,13+,14-,17-/m0/s1. The van der Waals surface area contributed by atoms with Gasteiger partial charge in [-0.1, -0.05) is 13.8 Å². The summed E-state index contributed by atoms with van der Waals surface area (Å²) in [6.07, 6.45) is -0.775. The number of nitrogens with one attached hydrogen (secondary N) is 3. The van der Waals surface area contributed by atoms with E-state index < -0.39 is 84.6 Å². The van der Waals surface area contributed by atoms with E-state index in [0.29, 0.717) is 6.42 Å². The zero-order chi connectivity index (χ0) is 29.2. The molecule has 0 unspecified atom stereocenters. The number of nitrogens with two attached hydrogens (primary N) is 3. The molecule has 0 aliphatic carbocycles. The zero-order valence-electron chi connectivity index (χ0n) is 21.3. The number of carbonyl (C=O) groups is 7. The highest BCUT2D eigenvalue weighted by Gasteiger charge is 2.39. The van der Waals surface area contributed by atoms with Gasteiger partial charge in [0, 0.05) is 13.0 Å². The molecule has 1 aliphatic rings. The summed E-state index contributed by atoms with van der Waals surface area (Å²) in [5.41, 5.74) is 16.0. The minimum Gasteiger partial charge on any atom is -0.480 e. The molecule has 0 saturated carbocycles. The Kier molecular flexibility index (Phi) is 12.6. The van der Waals surface area contributed by atoms with Gasteiger partial charge in [0.1, 0.15) is 24.2 Å². The zero-order valence-corrected chi connectivity index (χ0v) is 21.3. The molecule has 38 heavy (non-hydrogen) atoms. The first-order valence-corrected chi connectivity index (χ1v) is 12.1. The third kappa shape index (κ3) is 9.59. The first kappa shape index (κ1) is 32.2. The number of aliphatic carboxylic acids is 1. The van der Waals surface area contributed by atoms with Gasteiger partial charge in [0.2, 0.25) is 35.4 Å². The van der Waals surface area contributed by atoms with Crippen molar-refractivity contribution in [2.75, 3.05) is 13.2 Å². The SMILES string of the molecule is CC(C)[C@H](N)C(=O)N[C@H](CO)C(=O)N1CCC[C@H]1C(=O)N[C@@H](CC(N)=O)C(=O)N[C@@H](CCC(N)=O)C(=O)O. The number of carboxylic acids is 1. The van der Waals surface area contributed by atoms with Gasteiger partial charge in [0.05, 0.1) is 19.1 Å². The molecular weight excluding hydrogens is 506 g/mol. The van der Waals surface area contributed by atoms with Gasteiger partial charge in [-0.05, 0) is 25.2 Å². The minimum atomic E-state index is -1.58. The molecule has 16 nitrogen and oxygen atoms in total. The van der Waals surface area contributed by atoms with Gasteiger partial charge in [-0.2, -0.15) is 0 Å². The number of amides is 6. The maximum atomic E-state index is 13.0. The van der Waals surface area contributed by atoms with Crippen molar-refractivity contribution in [2.45, 2.75) is 76.2 Å². The quantitative estimate of drug-likeness (QED) is 0.0982. The second-order valence-corrected chi connectivity index (χ2v) is 9.34. The fourth-order valence-corrected chi connectivity index (χ4v) is 3.75. The Morgan fingerprint density at radius 3 is 2.03 bits per heavy atom. The number of aliphatic hydroxyl groups excluding tert-OH is 1. The highest BCUT2D eigenvalue weighted by Crippen LogP contribution is 2.19. The first-order chi connectivity index (χ1) is 17.7. The van der Waals surface area contributed by atoms with Gasteiger partial charge in [-0.15, -0.1) is 0 Å². The average molecular weight is 544 g/mol. The molecule has 1 rings (SSSR count). The van der Waals surface area contributed by atoms with Crippen molar-refractivity contribution in [3.05, 3.63) is 0 Å². The summed E-state index contributed by atoms with van der Waals surface area (Å²) >= 11 is 0. The summed E-state index contributed by atoms with van der Waals surface area (Å²) < 4.78 is 0. The van der Waals surface area contributed by atoms with Crippen LogP contribution in [0.3, 0.4) is 0 Å². The normalized spacial score (nSPS) is 18.1. The maximum Gasteiger partial charge on any atom is 0.326 e. The lowest BCUT2D eigenvalue weighted by Gasteiger charge is -2.30. The van der Waals surface area contributed by atoms with E-state index in [-0.39, 0.29) is 31.7 Å². The molecular formula is C22H37N7O9. The van der Waals surface area contributed by atoms with Crippen LogP contribution in [0.25, 0.3) is 0 Å². The number of aliphatic hydroxyl groups is 1. The summed E-state index contributed by atoms with van der Waals surface area (Å²) in [5.74, 6) is -6.75. The van der Waals surface area contributed by atoms with Gasteiger partial charge in [0.25, 0.3) is 0 Å². The number of carbonyl (C=O) groups excluding carboxylic acids is 6. The summed E-state index contributed by atoms with van der Waals surface area (Å²) in [6.45, 7) is 2.76. The van der Waals surface area contributed by atoms with Crippen molar-refractivity contribution in [1.29, 1.82) is 0 Å². The van der Waals surface area contributed by atoms with Crippen LogP contribution in [-0.2, 0) is 33.6 Å². The second kappa shape index (κ2) is 14.8. The van der Waals surface area contributed by atoms with Crippen LogP contribution in [0, 0.1) is 5.92 Å². The van der Waals surface area contributed by atoms with E-state index in [1.165, 1.54) is 0 Å². The van der Waals surface area contributed by atoms with Crippen molar-refractivity contribution in [2.24, 2.45) is 23.1 Å². The lowest BCUT2D eigenvalue weighted by Crippen LogP contribution is -2.59. The molecule has 1 fully saturated rings. The van der Waals surface area contributed by atoms with Gasteiger partial charge < -0.3 is 48.3 Å². The molecule has 0 aromatic carbocycles. The predicted molar refractivity (Wildman–Crippen MR) is 130 cm³/mol. The van der Waals surface area contributed by atoms with E-state index in [1.807, 2.05) is 0 Å². The monoisotopic (exact) mass is 543 g/mol. The lowest BCUT2D eigenvalue weighted by molar-refractivity contribution is -0.144. The Balaban J connectivity index is 2.99. The van der Waals surface area contributed by atoms with Crippen LogP contribution in [0.15, 0.2) is 0 Å². The smallest absolute Gasteiger partial charge is 0.326 e. The number of nitrogens with zero attached hydrogens (tertiary/aromatic N) is 1. The molecule has 11 N–H and O–H groups in total. The van der Waals surface area contributed by atoms with Gasteiger partial charge in [-0.25, -0.2) is 4.79 Å². The predicted octanol–water partition coefficient (Wildman–Crippen LogP) is -4.37. The highest BCUT2D eigenvalue weighted by molar-refractivity contribution is 5.97. The van der Waals surface area contributed by atoms with E-state index in [9.17, 15) is 43.8 Å². The van der Waals surface area contributed by atoms with Crippen LogP contribution in [0.4, 0.5) is 0 Å². The largest absolute Gasteiger partial charge is 0.480 e. The average Bonchev–Trinajstić information content (AvgIpc) is 3.32. The van der Waals surface area contributed by atoms with Crippen molar-refractivity contribution in [3.63, 3.8) is 0 Å². The molecule has 0 bridgehead atoms. The van der Waals surface area contributed by atoms with Gasteiger partial charge in [-0.3, -0.25) is 28.8 Å². The Hall–Kier alpha value is -3.79. The Morgan fingerprint density at radius 1 is 0.921 bits per heavy atom. The molecule has 0 spiro atoms. The summed E-state index contributed by atoms with van der Waals surface area (Å²) in [7, 11) is 0. The van der Waals surface area contributed by atoms with Crippen LogP contribution in [0.5, 0.6) is 0 Å². The van der Waals surface area contributed by atoms with Gasteiger partial charge >= 0.3 is 5.97 Å². The summed E-state index contributed by atoms with van der Waals surface area (Å²) in [5, 5.41) is 25.8. The highest BCUT2D eigenvalue weighted by atomic mass is 16.4. The summed E-state index contributed by atoms with van der Waals surface area (Å²) in [6, 6.07) is -6.52. The maximum absolute atomic E-state index is 13.0. The van der Waals surface area contributed by atoms with Crippen molar-refractivity contribution in [3.8, 4) is 0 Å². The van der Waals surface area contributed by atoms with E-state index in [2.05, 4.69) is 16.0 Å². The minimum absolute atomic E-state index is 0.112. The Morgan fingerprint density at radius 2 is 1.53 bits per heavy atom. The van der Waals surface area contributed by atoms with Crippen molar-refractivity contribution in [1.82, 2.24) is 20.9 Å². The van der Waals surface area contributed by atoms with E-state index in [0.717, 1.165) is 4.90 Å². The second-order valence-electron chi connectivity index (χ2n) is 9.34. The summed E-state index contributed by atoms with van der Waals surface area (Å²) in [4.78, 5) is 86.1. The molecule has 0 radical (unpaired) electrons. The first-order valence-electron chi connectivity index (χ1n) is 12.1. The Labute approximate surface area is 219 Å². The van der Waals surface area contributed by atoms with E-state index in [1.54, 1.807) is 13.8 Å². The molecule has 1 saturated heterocycles. The van der Waals surface area contributed by atoms with Crippen molar-refractivity contribution >= 4 is 41.4 Å². The molecule has 6 amide bonds. The van der Waals surface area contributed by atoms with Crippen LogP contribution in [0.1, 0.15) is 46.0 Å². The number of hydrogen-bond donors (Lipinski definition) is 8. The molecule has 1 aliphatic heterocycles. The van der Waals surface area contributed by atoms with Crippen LogP contribution in [-0.4, -0.2) is 99.9 Å². The number of hydrogen-bond acceptors (Lipinski definition) is 9. The number of rotatable bonds is 15. The third-order valence-corrected chi connectivity index (χ3v) is 5.99. The number of primary amides is 2. The van der Waals surface area contributed by atoms with E-state index >= 15 is 0 Å².